The first kappa shape index (κ1) is 6.62. The Morgan fingerprint density at radius 2 is 2.20 bits per heavy atom. The van der Waals surface area contributed by atoms with Gasteiger partial charge in [-0.3, -0.25) is 0 Å². The third-order valence-electron chi connectivity index (χ3n) is 2.90. The molecule has 0 amide bonds. The molecule has 0 aromatic rings. The molecule has 0 bridgehead atoms. The lowest BCUT2D eigenvalue weighted by atomic mass is 9.80. The van der Waals surface area contributed by atoms with E-state index in [1.54, 1.807) is 0 Å². The van der Waals surface area contributed by atoms with Gasteiger partial charge in [0.25, 0.3) is 0 Å². The van der Waals surface area contributed by atoms with Gasteiger partial charge in [0.2, 0.25) is 0 Å². The van der Waals surface area contributed by atoms with Gasteiger partial charge in [0.15, 0.2) is 0 Å². The fourth-order valence-electron chi connectivity index (χ4n) is 2.05. The normalized spacial score (nSPS) is 43.8. The van der Waals surface area contributed by atoms with Gasteiger partial charge in [-0.1, -0.05) is 13.8 Å². The Balaban J connectivity index is 2.16. The molecule has 2 aliphatic rings. The summed E-state index contributed by atoms with van der Waals surface area (Å²) >= 11 is 0. The summed E-state index contributed by atoms with van der Waals surface area (Å²) in [5.41, 5.74) is 0.459. The molecule has 2 heterocycles. The van der Waals surface area contributed by atoms with Crippen LogP contribution in [0, 0.1) is 11.3 Å². The summed E-state index contributed by atoms with van der Waals surface area (Å²) in [4.78, 5) is 0. The average molecular weight is 141 g/mol. The lowest BCUT2D eigenvalue weighted by Crippen LogP contribution is -2.26. The minimum absolute atomic E-state index is 0.459. The van der Waals surface area contributed by atoms with Crippen LogP contribution in [0.15, 0.2) is 0 Å². The van der Waals surface area contributed by atoms with E-state index in [9.17, 15) is 0 Å². The molecular formula is C8H15NO. The van der Waals surface area contributed by atoms with Crippen molar-refractivity contribution >= 4 is 0 Å². The molecule has 2 rings (SSSR count). The minimum Gasteiger partial charge on any atom is -0.379 e. The first-order valence-corrected chi connectivity index (χ1v) is 4.01. The van der Waals surface area contributed by atoms with E-state index in [-0.39, 0.29) is 0 Å². The molecule has 2 aliphatic heterocycles. The van der Waals surface area contributed by atoms with Crippen molar-refractivity contribution in [2.45, 2.75) is 19.9 Å². The van der Waals surface area contributed by atoms with Gasteiger partial charge in [-0.05, 0) is 5.41 Å². The summed E-state index contributed by atoms with van der Waals surface area (Å²) < 4.78 is 5.38. The maximum Gasteiger partial charge on any atom is 0.0623 e. The second-order valence-electron chi connectivity index (χ2n) is 4.12. The first-order valence-electron chi connectivity index (χ1n) is 4.01. The van der Waals surface area contributed by atoms with Gasteiger partial charge in [-0.25, -0.2) is 0 Å². The Hall–Kier alpha value is -0.0800. The van der Waals surface area contributed by atoms with Crippen molar-refractivity contribution in [2.24, 2.45) is 11.3 Å². The van der Waals surface area contributed by atoms with Crippen LogP contribution in [0.25, 0.3) is 0 Å². The summed E-state index contributed by atoms with van der Waals surface area (Å²) in [7, 11) is 0. The van der Waals surface area contributed by atoms with E-state index in [2.05, 4.69) is 19.2 Å². The van der Waals surface area contributed by atoms with Crippen molar-refractivity contribution in [2.75, 3.05) is 19.8 Å². The fraction of sp³-hybridized carbons (Fsp3) is 1.00. The number of fused-ring (bicyclic) bond motifs is 1. The molecule has 2 fully saturated rings. The Morgan fingerprint density at radius 1 is 1.40 bits per heavy atom. The zero-order valence-electron chi connectivity index (χ0n) is 6.68. The highest BCUT2D eigenvalue weighted by Gasteiger charge is 2.44. The van der Waals surface area contributed by atoms with Crippen molar-refractivity contribution in [1.29, 1.82) is 0 Å². The molecule has 2 saturated heterocycles. The molecule has 2 heteroatoms. The van der Waals surface area contributed by atoms with E-state index in [4.69, 9.17) is 4.74 Å². The van der Waals surface area contributed by atoms with Gasteiger partial charge in [-0.15, -0.1) is 0 Å². The monoisotopic (exact) mass is 141 g/mol. The second kappa shape index (κ2) is 1.95. The molecule has 0 radical (unpaired) electrons. The second-order valence-corrected chi connectivity index (χ2v) is 4.12. The summed E-state index contributed by atoms with van der Waals surface area (Å²) in [6.07, 6.45) is 0. The summed E-state index contributed by atoms with van der Waals surface area (Å²) in [6, 6.07) is 0.648. The highest BCUT2D eigenvalue weighted by Crippen LogP contribution is 2.37. The van der Waals surface area contributed by atoms with E-state index in [1.807, 2.05) is 0 Å². The van der Waals surface area contributed by atoms with Gasteiger partial charge >= 0.3 is 0 Å². The molecule has 2 nitrogen and oxygen atoms in total. The molecule has 1 N–H and O–H groups in total. The molecule has 0 saturated carbocycles. The summed E-state index contributed by atoms with van der Waals surface area (Å²) in [5.74, 6) is 0.757. The molecule has 0 unspecified atom stereocenters. The summed E-state index contributed by atoms with van der Waals surface area (Å²) in [5, 5.41) is 3.48. The Bertz CT molecular complexity index is 144. The van der Waals surface area contributed by atoms with Crippen LogP contribution in [0.5, 0.6) is 0 Å². The Morgan fingerprint density at radius 3 is 2.90 bits per heavy atom. The van der Waals surface area contributed by atoms with Crippen LogP contribution in [0.3, 0.4) is 0 Å². The van der Waals surface area contributed by atoms with E-state index in [1.165, 1.54) is 0 Å². The summed E-state index contributed by atoms with van der Waals surface area (Å²) in [6.45, 7) is 7.68. The smallest absolute Gasteiger partial charge is 0.0623 e. The fourth-order valence-corrected chi connectivity index (χ4v) is 2.05. The quantitative estimate of drug-likeness (QED) is 0.534. The van der Waals surface area contributed by atoms with Crippen molar-refractivity contribution in [3.8, 4) is 0 Å². The molecule has 0 aromatic carbocycles. The number of nitrogens with one attached hydrogen (secondary N) is 1. The van der Waals surface area contributed by atoms with Crippen LogP contribution in [-0.2, 0) is 4.74 Å². The third kappa shape index (κ3) is 0.789. The topological polar surface area (TPSA) is 21.3 Å². The first-order chi connectivity index (χ1) is 4.70. The van der Waals surface area contributed by atoms with Gasteiger partial charge in [-0.2, -0.15) is 0 Å². The zero-order valence-corrected chi connectivity index (χ0v) is 6.68. The lowest BCUT2D eigenvalue weighted by Gasteiger charge is -2.22. The van der Waals surface area contributed by atoms with Crippen LogP contribution in [0.1, 0.15) is 13.8 Å². The SMILES string of the molecule is CC1(C)CN[C@@H]2COC[C@@H]21. The van der Waals surface area contributed by atoms with Crippen LogP contribution < -0.4 is 5.32 Å². The molecule has 0 aliphatic carbocycles. The lowest BCUT2D eigenvalue weighted by molar-refractivity contribution is 0.147. The van der Waals surface area contributed by atoms with Crippen LogP contribution in [0.4, 0.5) is 0 Å². The maximum absolute atomic E-state index is 5.38. The largest absolute Gasteiger partial charge is 0.379 e. The number of rotatable bonds is 0. The number of ether oxygens (including phenoxy) is 1. The van der Waals surface area contributed by atoms with Crippen LogP contribution >= 0.6 is 0 Å². The van der Waals surface area contributed by atoms with E-state index in [0.29, 0.717) is 11.5 Å². The predicted molar refractivity (Wildman–Crippen MR) is 39.9 cm³/mol. The molecule has 10 heavy (non-hydrogen) atoms. The van der Waals surface area contributed by atoms with Crippen molar-refractivity contribution in [1.82, 2.24) is 5.32 Å². The number of hydrogen-bond donors (Lipinski definition) is 1. The van der Waals surface area contributed by atoms with Gasteiger partial charge < -0.3 is 10.1 Å². The van der Waals surface area contributed by atoms with E-state index < -0.39 is 0 Å². The van der Waals surface area contributed by atoms with E-state index >= 15 is 0 Å². The predicted octanol–water partition coefficient (Wildman–Crippen LogP) is 0.631. The average Bonchev–Trinajstić information content (AvgIpc) is 2.36. The Labute approximate surface area is 61.9 Å². The molecule has 0 spiro atoms. The standard InChI is InChI=1S/C8H15NO/c1-8(2)5-9-7-4-10-3-6(7)8/h6-7,9H,3-5H2,1-2H3/t6-,7+/m0/s1. The van der Waals surface area contributed by atoms with Crippen molar-refractivity contribution < 1.29 is 4.74 Å². The molecule has 0 aromatic heterocycles. The Kier molecular flexibility index (Phi) is 1.29. The van der Waals surface area contributed by atoms with Gasteiger partial charge in [0, 0.05) is 18.5 Å². The van der Waals surface area contributed by atoms with Crippen molar-refractivity contribution in [3.05, 3.63) is 0 Å². The molecule has 58 valence electrons. The molecule has 2 atom stereocenters. The van der Waals surface area contributed by atoms with Crippen LogP contribution in [0.2, 0.25) is 0 Å². The number of hydrogen-bond acceptors (Lipinski definition) is 2. The highest BCUT2D eigenvalue weighted by atomic mass is 16.5. The van der Waals surface area contributed by atoms with Gasteiger partial charge in [0.1, 0.15) is 0 Å². The van der Waals surface area contributed by atoms with E-state index in [0.717, 1.165) is 25.7 Å². The van der Waals surface area contributed by atoms with Gasteiger partial charge in [0.05, 0.1) is 13.2 Å². The van der Waals surface area contributed by atoms with Crippen LogP contribution in [-0.4, -0.2) is 25.8 Å². The molecular weight excluding hydrogens is 126 g/mol. The highest BCUT2D eigenvalue weighted by molar-refractivity contribution is 4.98. The third-order valence-corrected chi connectivity index (χ3v) is 2.90. The maximum atomic E-state index is 5.38. The minimum atomic E-state index is 0.459. The zero-order chi connectivity index (χ0) is 7.19. The van der Waals surface area contributed by atoms with Crippen molar-refractivity contribution in [3.63, 3.8) is 0 Å².